The minimum Gasteiger partial charge on any atom is -0.378 e. The van der Waals surface area contributed by atoms with E-state index in [4.69, 9.17) is 10.5 Å². The van der Waals surface area contributed by atoms with E-state index in [0.29, 0.717) is 19.7 Å². The van der Waals surface area contributed by atoms with Gasteiger partial charge in [-0.1, -0.05) is 24.3 Å². The SMILES string of the molecule is CC1CC(C(=O)NCc2cccc(CN)c2)CO1. The molecule has 0 aliphatic carbocycles. The standard InChI is InChI=1S/C14H20N2O2/c1-10-5-13(9-18-10)14(17)16-8-12-4-2-3-11(6-12)7-15/h2-4,6,10,13H,5,7-9,15H2,1H3,(H,16,17). The molecule has 0 radical (unpaired) electrons. The highest BCUT2D eigenvalue weighted by molar-refractivity contribution is 5.79. The molecule has 18 heavy (non-hydrogen) atoms. The van der Waals surface area contributed by atoms with Gasteiger partial charge in [0.2, 0.25) is 5.91 Å². The molecule has 2 rings (SSSR count). The second-order valence-corrected chi connectivity index (χ2v) is 4.82. The second-order valence-electron chi connectivity index (χ2n) is 4.82. The predicted octanol–water partition coefficient (Wildman–Crippen LogP) is 1.19. The Labute approximate surface area is 108 Å². The minimum atomic E-state index is -0.00214. The van der Waals surface area contributed by atoms with Crippen molar-refractivity contribution in [3.63, 3.8) is 0 Å². The van der Waals surface area contributed by atoms with Gasteiger partial charge in [0.25, 0.3) is 0 Å². The average molecular weight is 248 g/mol. The third-order valence-corrected chi connectivity index (χ3v) is 3.26. The lowest BCUT2D eigenvalue weighted by Gasteiger charge is -2.10. The van der Waals surface area contributed by atoms with Crippen LogP contribution in [0.5, 0.6) is 0 Å². The smallest absolute Gasteiger partial charge is 0.225 e. The molecule has 1 heterocycles. The lowest BCUT2D eigenvalue weighted by molar-refractivity contribution is -0.125. The molecule has 1 aromatic carbocycles. The van der Waals surface area contributed by atoms with Gasteiger partial charge in [-0.15, -0.1) is 0 Å². The fraction of sp³-hybridized carbons (Fsp3) is 0.500. The van der Waals surface area contributed by atoms with Gasteiger partial charge in [-0.25, -0.2) is 0 Å². The summed E-state index contributed by atoms with van der Waals surface area (Å²) in [4.78, 5) is 11.9. The number of nitrogens with one attached hydrogen (secondary N) is 1. The van der Waals surface area contributed by atoms with Crippen LogP contribution in [0.1, 0.15) is 24.5 Å². The molecule has 2 unspecified atom stereocenters. The zero-order chi connectivity index (χ0) is 13.0. The lowest BCUT2D eigenvalue weighted by atomic mass is 10.1. The Bertz CT molecular complexity index is 420. The van der Waals surface area contributed by atoms with Crippen LogP contribution in [-0.2, 0) is 22.6 Å². The summed E-state index contributed by atoms with van der Waals surface area (Å²) in [6.45, 7) is 3.61. The molecule has 3 N–H and O–H groups in total. The van der Waals surface area contributed by atoms with Crippen molar-refractivity contribution in [2.45, 2.75) is 32.5 Å². The third kappa shape index (κ3) is 3.31. The monoisotopic (exact) mass is 248 g/mol. The van der Waals surface area contributed by atoms with Crippen LogP contribution in [0.25, 0.3) is 0 Å². The zero-order valence-electron chi connectivity index (χ0n) is 10.7. The number of carbonyl (C=O) groups excluding carboxylic acids is 1. The normalized spacial score (nSPS) is 23.0. The molecule has 1 aliphatic heterocycles. The molecule has 1 saturated heterocycles. The number of ether oxygens (including phenoxy) is 1. The van der Waals surface area contributed by atoms with E-state index in [1.807, 2.05) is 31.2 Å². The van der Waals surface area contributed by atoms with E-state index >= 15 is 0 Å². The first-order valence-corrected chi connectivity index (χ1v) is 6.36. The van der Waals surface area contributed by atoms with E-state index in [1.54, 1.807) is 0 Å². The van der Waals surface area contributed by atoms with Crippen molar-refractivity contribution in [3.8, 4) is 0 Å². The van der Waals surface area contributed by atoms with Crippen LogP contribution in [0.15, 0.2) is 24.3 Å². The highest BCUT2D eigenvalue weighted by atomic mass is 16.5. The summed E-state index contributed by atoms with van der Waals surface area (Å²) in [5.74, 6) is 0.0789. The highest BCUT2D eigenvalue weighted by Gasteiger charge is 2.27. The molecule has 4 nitrogen and oxygen atoms in total. The highest BCUT2D eigenvalue weighted by Crippen LogP contribution is 2.19. The van der Waals surface area contributed by atoms with Gasteiger partial charge in [0, 0.05) is 13.1 Å². The number of nitrogens with two attached hydrogens (primary N) is 1. The van der Waals surface area contributed by atoms with Crippen molar-refractivity contribution in [2.24, 2.45) is 11.7 Å². The summed E-state index contributed by atoms with van der Waals surface area (Å²) in [6.07, 6.45) is 1.01. The molecule has 0 aromatic heterocycles. The number of amides is 1. The number of hydrogen-bond acceptors (Lipinski definition) is 3. The molecule has 1 amide bonds. The van der Waals surface area contributed by atoms with E-state index in [0.717, 1.165) is 17.5 Å². The van der Waals surface area contributed by atoms with Gasteiger partial charge >= 0.3 is 0 Å². The number of hydrogen-bond donors (Lipinski definition) is 2. The molecule has 1 aliphatic rings. The molecule has 98 valence electrons. The predicted molar refractivity (Wildman–Crippen MR) is 69.7 cm³/mol. The summed E-state index contributed by atoms with van der Waals surface area (Å²) >= 11 is 0. The third-order valence-electron chi connectivity index (χ3n) is 3.26. The van der Waals surface area contributed by atoms with Crippen LogP contribution in [0, 0.1) is 5.92 Å². The molecule has 0 saturated carbocycles. The number of benzene rings is 1. The van der Waals surface area contributed by atoms with Gasteiger partial charge in [-0.05, 0) is 24.5 Å². The quantitative estimate of drug-likeness (QED) is 0.841. The van der Waals surface area contributed by atoms with Crippen LogP contribution in [0.2, 0.25) is 0 Å². The van der Waals surface area contributed by atoms with Crippen molar-refractivity contribution in [3.05, 3.63) is 35.4 Å². The van der Waals surface area contributed by atoms with Gasteiger partial charge in [-0.2, -0.15) is 0 Å². The first kappa shape index (κ1) is 13.1. The maximum Gasteiger partial charge on any atom is 0.225 e. The summed E-state index contributed by atoms with van der Waals surface area (Å²) < 4.78 is 5.40. The molecule has 0 bridgehead atoms. The molecule has 1 aromatic rings. The molecule has 4 heteroatoms. The first-order chi connectivity index (χ1) is 8.69. The van der Waals surface area contributed by atoms with Crippen LogP contribution in [0.3, 0.4) is 0 Å². The summed E-state index contributed by atoms with van der Waals surface area (Å²) in [5.41, 5.74) is 7.75. The Hall–Kier alpha value is -1.39. The van der Waals surface area contributed by atoms with Gasteiger partial charge in [0.05, 0.1) is 18.6 Å². The van der Waals surface area contributed by atoms with Crippen molar-refractivity contribution in [1.82, 2.24) is 5.32 Å². The largest absolute Gasteiger partial charge is 0.378 e. The minimum absolute atomic E-state index is 0.00214. The number of rotatable bonds is 4. The number of carbonyl (C=O) groups is 1. The fourth-order valence-electron chi connectivity index (χ4n) is 2.20. The Morgan fingerprint density at radius 2 is 2.28 bits per heavy atom. The van der Waals surface area contributed by atoms with E-state index in [9.17, 15) is 4.79 Å². The van der Waals surface area contributed by atoms with E-state index in [2.05, 4.69) is 5.32 Å². The molecule has 0 spiro atoms. The van der Waals surface area contributed by atoms with Crippen LogP contribution in [0.4, 0.5) is 0 Å². The molecule has 2 atom stereocenters. The topological polar surface area (TPSA) is 64.4 Å². The Kier molecular flexibility index (Phi) is 4.33. The maximum absolute atomic E-state index is 11.9. The fourth-order valence-corrected chi connectivity index (χ4v) is 2.20. The second kappa shape index (κ2) is 5.98. The van der Waals surface area contributed by atoms with Gasteiger partial charge in [0.15, 0.2) is 0 Å². The molecule has 1 fully saturated rings. The van der Waals surface area contributed by atoms with Gasteiger partial charge in [0.1, 0.15) is 0 Å². The van der Waals surface area contributed by atoms with Crippen molar-refractivity contribution in [1.29, 1.82) is 0 Å². The summed E-state index contributed by atoms with van der Waals surface area (Å²) in [6, 6.07) is 7.96. The average Bonchev–Trinajstić information content (AvgIpc) is 2.83. The molecular formula is C14H20N2O2. The lowest BCUT2D eigenvalue weighted by Crippen LogP contribution is -2.30. The summed E-state index contributed by atoms with van der Waals surface area (Å²) in [5, 5.41) is 2.95. The summed E-state index contributed by atoms with van der Waals surface area (Å²) in [7, 11) is 0. The van der Waals surface area contributed by atoms with Crippen molar-refractivity contribution >= 4 is 5.91 Å². The van der Waals surface area contributed by atoms with Gasteiger partial charge < -0.3 is 15.8 Å². The van der Waals surface area contributed by atoms with E-state index < -0.39 is 0 Å². The van der Waals surface area contributed by atoms with Crippen molar-refractivity contribution in [2.75, 3.05) is 6.61 Å². The van der Waals surface area contributed by atoms with E-state index in [1.165, 1.54) is 0 Å². The van der Waals surface area contributed by atoms with Crippen LogP contribution in [-0.4, -0.2) is 18.6 Å². The Morgan fingerprint density at radius 3 is 2.94 bits per heavy atom. The maximum atomic E-state index is 11.9. The Morgan fingerprint density at radius 1 is 1.50 bits per heavy atom. The Balaban J connectivity index is 1.85. The van der Waals surface area contributed by atoms with Crippen molar-refractivity contribution < 1.29 is 9.53 Å². The first-order valence-electron chi connectivity index (χ1n) is 6.36. The van der Waals surface area contributed by atoms with Crippen LogP contribution >= 0.6 is 0 Å². The van der Waals surface area contributed by atoms with Crippen LogP contribution < -0.4 is 11.1 Å². The van der Waals surface area contributed by atoms with Gasteiger partial charge in [-0.3, -0.25) is 4.79 Å². The zero-order valence-corrected chi connectivity index (χ0v) is 10.7. The molecular weight excluding hydrogens is 228 g/mol. The van der Waals surface area contributed by atoms with E-state index in [-0.39, 0.29) is 17.9 Å².